The monoisotopic (exact) mass is 312 g/mol. The first kappa shape index (κ1) is 14.8. The normalized spacial score (nSPS) is 22.4. The van der Waals surface area contributed by atoms with Crippen LogP contribution in [-0.4, -0.2) is 47.4 Å². The van der Waals surface area contributed by atoms with Gasteiger partial charge in [-0.25, -0.2) is 13.1 Å². The van der Waals surface area contributed by atoms with E-state index in [0.29, 0.717) is 19.8 Å². The second kappa shape index (κ2) is 6.31. The molecule has 116 valence electrons. The molecule has 1 aromatic rings. The fraction of sp³-hybridized carbons (Fsp3) is 0.571. The summed E-state index contributed by atoms with van der Waals surface area (Å²) >= 11 is 0. The highest BCUT2D eigenvalue weighted by Gasteiger charge is 2.21. The standard InChI is InChI=1S/C14H20N2O4S/c17-21(18,16-9-12-10-19-6-7-20-12)13-4-3-11-2-1-5-15-14(11)8-13/h3-4,8,12,15-16H,1-2,5-7,9-10H2. The van der Waals surface area contributed by atoms with E-state index < -0.39 is 10.0 Å². The summed E-state index contributed by atoms with van der Waals surface area (Å²) < 4.78 is 37.9. The van der Waals surface area contributed by atoms with Crippen molar-refractivity contribution in [3.05, 3.63) is 23.8 Å². The summed E-state index contributed by atoms with van der Waals surface area (Å²) in [5.41, 5.74) is 2.09. The Labute approximate surface area is 124 Å². The number of rotatable bonds is 4. The molecular formula is C14H20N2O4S. The van der Waals surface area contributed by atoms with E-state index in [0.717, 1.165) is 25.1 Å². The van der Waals surface area contributed by atoms with Crippen LogP contribution in [-0.2, 0) is 25.9 Å². The lowest BCUT2D eigenvalue weighted by Crippen LogP contribution is -2.39. The molecule has 1 aromatic carbocycles. The van der Waals surface area contributed by atoms with Crippen LogP contribution in [0.15, 0.2) is 23.1 Å². The highest BCUT2D eigenvalue weighted by molar-refractivity contribution is 7.89. The van der Waals surface area contributed by atoms with Gasteiger partial charge in [0.05, 0.1) is 30.8 Å². The molecule has 0 radical (unpaired) electrons. The Morgan fingerprint density at radius 2 is 2.24 bits per heavy atom. The summed E-state index contributed by atoms with van der Waals surface area (Å²) in [5, 5.41) is 3.24. The Balaban J connectivity index is 1.69. The summed E-state index contributed by atoms with van der Waals surface area (Å²) in [6, 6.07) is 5.25. The van der Waals surface area contributed by atoms with Crippen LogP contribution in [0.3, 0.4) is 0 Å². The quantitative estimate of drug-likeness (QED) is 0.857. The van der Waals surface area contributed by atoms with Gasteiger partial charge in [0.1, 0.15) is 0 Å². The molecule has 1 atom stereocenters. The average Bonchev–Trinajstić information content (AvgIpc) is 2.53. The van der Waals surface area contributed by atoms with Gasteiger partial charge >= 0.3 is 0 Å². The molecule has 0 aromatic heterocycles. The summed E-state index contributed by atoms with van der Waals surface area (Å²) in [6.07, 6.45) is 1.85. The zero-order valence-electron chi connectivity index (χ0n) is 11.8. The number of sulfonamides is 1. The SMILES string of the molecule is O=S(=O)(NCC1COCCO1)c1ccc2c(c1)NCCC2. The molecule has 2 heterocycles. The molecule has 0 spiro atoms. The third kappa shape index (κ3) is 3.55. The number of anilines is 1. The molecule has 6 nitrogen and oxygen atoms in total. The van der Waals surface area contributed by atoms with E-state index >= 15 is 0 Å². The van der Waals surface area contributed by atoms with Crippen molar-refractivity contribution in [2.45, 2.75) is 23.8 Å². The van der Waals surface area contributed by atoms with Crippen LogP contribution in [0.2, 0.25) is 0 Å². The molecule has 1 saturated heterocycles. The van der Waals surface area contributed by atoms with Gasteiger partial charge in [-0.3, -0.25) is 0 Å². The van der Waals surface area contributed by atoms with Crippen molar-refractivity contribution < 1.29 is 17.9 Å². The lowest BCUT2D eigenvalue weighted by molar-refractivity contribution is -0.0846. The van der Waals surface area contributed by atoms with E-state index in [1.54, 1.807) is 12.1 Å². The first-order valence-electron chi connectivity index (χ1n) is 7.21. The van der Waals surface area contributed by atoms with Crippen LogP contribution in [0.25, 0.3) is 0 Å². The largest absolute Gasteiger partial charge is 0.385 e. The van der Waals surface area contributed by atoms with Crippen LogP contribution in [0.1, 0.15) is 12.0 Å². The van der Waals surface area contributed by atoms with Crippen LogP contribution >= 0.6 is 0 Å². The molecule has 1 fully saturated rings. The minimum Gasteiger partial charge on any atom is -0.385 e. The predicted octanol–water partition coefficient (Wildman–Crippen LogP) is 0.738. The van der Waals surface area contributed by atoms with Gasteiger partial charge < -0.3 is 14.8 Å². The van der Waals surface area contributed by atoms with E-state index in [9.17, 15) is 8.42 Å². The van der Waals surface area contributed by atoms with Crippen molar-refractivity contribution in [1.82, 2.24) is 4.72 Å². The van der Waals surface area contributed by atoms with E-state index in [4.69, 9.17) is 9.47 Å². The van der Waals surface area contributed by atoms with Crippen molar-refractivity contribution in [3.8, 4) is 0 Å². The Morgan fingerprint density at radius 1 is 1.33 bits per heavy atom. The molecule has 21 heavy (non-hydrogen) atoms. The number of nitrogens with one attached hydrogen (secondary N) is 2. The minimum absolute atomic E-state index is 0.218. The van der Waals surface area contributed by atoms with E-state index in [1.807, 2.05) is 6.07 Å². The second-order valence-corrected chi connectivity index (χ2v) is 7.04. The van der Waals surface area contributed by atoms with Gasteiger partial charge in [0.2, 0.25) is 10.0 Å². The number of fused-ring (bicyclic) bond motifs is 1. The third-order valence-electron chi connectivity index (χ3n) is 3.72. The number of benzene rings is 1. The number of ether oxygens (including phenoxy) is 2. The predicted molar refractivity (Wildman–Crippen MR) is 79.0 cm³/mol. The lowest BCUT2D eigenvalue weighted by Gasteiger charge is -2.23. The van der Waals surface area contributed by atoms with Crippen molar-refractivity contribution >= 4 is 15.7 Å². The molecular weight excluding hydrogens is 292 g/mol. The molecule has 2 N–H and O–H groups in total. The molecule has 2 aliphatic rings. The van der Waals surface area contributed by atoms with E-state index in [1.165, 1.54) is 5.56 Å². The van der Waals surface area contributed by atoms with E-state index in [2.05, 4.69) is 10.0 Å². The van der Waals surface area contributed by atoms with Crippen LogP contribution in [0.5, 0.6) is 0 Å². The fourth-order valence-corrected chi connectivity index (χ4v) is 3.64. The Bertz CT molecular complexity index is 597. The molecule has 7 heteroatoms. The van der Waals surface area contributed by atoms with Gasteiger partial charge in [-0.15, -0.1) is 0 Å². The van der Waals surface area contributed by atoms with Crippen molar-refractivity contribution in [1.29, 1.82) is 0 Å². The topological polar surface area (TPSA) is 76.7 Å². The Morgan fingerprint density at radius 3 is 3.05 bits per heavy atom. The highest BCUT2D eigenvalue weighted by atomic mass is 32.2. The summed E-state index contributed by atoms with van der Waals surface area (Å²) in [5.74, 6) is 0. The first-order valence-corrected chi connectivity index (χ1v) is 8.69. The highest BCUT2D eigenvalue weighted by Crippen LogP contribution is 2.25. The zero-order chi connectivity index (χ0) is 14.7. The summed E-state index contributed by atoms with van der Waals surface area (Å²) in [7, 11) is -3.52. The second-order valence-electron chi connectivity index (χ2n) is 5.27. The number of aryl methyl sites for hydroxylation is 1. The van der Waals surface area contributed by atoms with Crippen LogP contribution in [0.4, 0.5) is 5.69 Å². The molecule has 3 rings (SSSR count). The van der Waals surface area contributed by atoms with Crippen molar-refractivity contribution in [2.75, 3.05) is 38.2 Å². The van der Waals surface area contributed by atoms with Gasteiger partial charge in [-0.2, -0.15) is 0 Å². The van der Waals surface area contributed by atoms with Gasteiger partial charge in [0.15, 0.2) is 0 Å². The van der Waals surface area contributed by atoms with Gasteiger partial charge in [-0.05, 0) is 30.5 Å². The minimum atomic E-state index is -3.52. The number of hydrogen-bond donors (Lipinski definition) is 2. The molecule has 2 aliphatic heterocycles. The maximum atomic E-state index is 12.3. The molecule has 1 unspecified atom stereocenters. The van der Waals surface area contributed by atoms with Gasteiger partial charge in [-0.1, -0.05) is 6.07 Å². The maximum Gasteiger partial charge on any atom is 0.240 e. The summed E-state index contributed by atoms with van der Waals surface area (Å²) in [6.45, 7) is 2.62. The smallest absolute Gasteiger partial charge is 0.240 e. The Hall–Kier alpha value is -1.15. The first-order chi connectivity index (χ1) is 10.1. The number of hydrogen-bond acceptors (Lipinski definition) is 5. The van der Waals surface area contributed by atoms with Crippen LogP contribution < -0.4 is 10.0 Å². The zero-order valence-corrected chi connectivity index (χ0v) is 12.6. The lowest BCUT2D eigenvalue weighted by atomic mass is 10.0. The van der Waals surface area contributed by atoms with Crippen molar-refractivity contribution in [3.63, 3.8) is 0 Å². The van der Waals surface area contributed by atoms with E-state index in [-0.39, 0.29) is 17.5 Å². The molecule has 0 saturated carbocycles. The van der Waals surface area contributed by atoms with Gasteiger partial charge in [0.25, 0.3) is 0 Å². The Kier molecular flexibility index (Phi) is 4.44. The molecule has 0 amide bonds. The van der Waals surface area contributed by atoms with Crippen LogP contribution in [0, 0.1) is 0 Å². The average molecular weight is 312 g/mol. The molecule has 0 aliphatic carbocycles. The third-order valence-corrected chi connectivity index (χ3v) is 5.14. The van der Waals surface area contributed by atoms with Crippen molar-refractivity contribution in [2.24, 2.45) is 0 Å². The van der Waals surface area contributed by atoms with Gasteiger partial charge in [0, 0.05) is 18.8 Å². The molecule has 0 bridgehead atoms. The maximum absolute atomic E-state index is 12.3. The fourth-order valence-electron chi connectivity index (χ4n) is 2.55. The summed E-state index contributed by atoms with van der Waals surface area (Å²) in [4.78, 5) is 0.285.